The molecule has 0 bridgehead atoms. The third-order valence-electron chi connectivity index (χ3n) is 3.21. The Labute approximate surface area is 98.9 Å². The summed E-state index contributed by atoms with van der Waals surface area (Å²) in [6, 6.07) is 0.474. The van der Waals surface area contributed by atoms with Gasteiger partial charge in [-0.15, -0.1) is 0 Å². The molecule has 1 aliphatic carbocycles. The van der Waals surface area contributed by atoms with E-state index >= 15 is 0 Å². The second-order valence-corrected chi connectivity index (χ2v) is 5.18. The van der Waals surface area contributed by atoms with Crippen LogP contribution in [-0.2, 0) is 9.53 Å². The zero-order valence-corrected chi connectivity index (χ0v) is 10.8. The highest BCUT2D eigenvalue weighted by Crippen LogP contribution is 2.20. The molecule has 0 aromatic heterocycles. The lowest BCUT2D eigenvalue weighted by Crippen LogP contribution is -2.52. The van der Waals surface area contributed by atoms with E-state index < -0.39 is 5.54 Å². The predicted molar refractivity (Wildman–Crippen MR) is 65.3 cm³/mol. The first-order valence-electron chi connectivity index (χ1n) is 6.51. The van der Waals surface area contributed by atoms with Crippen molar-refractivity contribution in [3.63, 3.8) is 0 Å². The molecule has 0 radical (unpaired) electrons. The third-order valence-corrected chi connectivity index (χ3v) is 3.21. The summed E-state index contributed by atoms with van der Waals surface area (Å²) in [7, 11) is 0. The van der Waals surface area contributed by atoms with E-state index in [0.29, 0.717) is 12.6 Å². The maximum atomic E-state index is 11.7. The number of hydrogen-bond acceptors (Lipinski definition) is 3. The summed E-state index contributed by atoms with van der Waals surface area (Å²) in [6.07, 6.45) is 7.58. The summed E-state index contributed by atoms with van der Waals surface area (Å²) in [5.41, 5.74) is -0.551. The lowest BCUT2D eigenvalue weighted by atomic mass is 10.0. The fourth-order valence-corrected chi connectivity index (χ4v) is 2.30. The van der Waals surface area contributed by atoms with Crippen LogP contribution in [0.3, 0.4) is 0 Å². The lowest BCUT2D eigenvalue weighted by Gasteiger charge is -2.29. The molecule has 1 fully saturated rings. The van der Waals surface area contributed by atoms with E-state index in [-0.39, 0.29) is 5.97 Å². The van der Waals surface area contributed by atoms with Crippen LogP contribution < -0.4 is 5.32 Å². The van der Waals surface area contributed by atoms with Gasteiger partial charge in [0.1, 0.15) is 5.54 Å². The Morgan fingerprint density at radius 3 is 2.31 bits per heavy atom. The van der Waals surface area contributed by atoms with Gasteiger partial charge in [0.2, 0.25) is 0 Å². The van der Waals surface area contributed by atoms with Crippen LogP contribution in [0.15, 0.2) is 0 Å². The summed E-state index contributed by atoms with van der Waals surface area (Å²) >= 11 is 0. The Morgan fingerprint density at radius 2 is 1.81 bits per heavy atom. The van der Waals surface area contributed by atoms with Gasteiger partial charge in [-0.05, 0) is 33.6 Å². The van der Waals surface area contributed by atoms with Crippen LogP contribution in [0.5, 0.6) is 0 Å². The molecule has 0 amide bonds. The monoisotopic (exact) mass is 227 g/mol. The van der Waals surface area contributed by atoms with Crippen molar-refractivity contribution in [2.24, 2.45) is 0 Å². The number of carbonyl (C=O) groups is 1. The second kappa shape index (κ2) is 6.24. The molecular weight excluding hydrogens is 202 g/mol. The number of esters is 1. The zero-order valence-electron chi connectivity index (χ0n) is 10.8. The van der Waals surface area contributed by atoms with Gasteiger partial charge in [-0.1, -0.05) is 25.7 Å². The van der Waals surface area contributed by atoms with Crippen molar-refractivity contribution in [2.45, 2.75) is 70.9 Å². The maximum Gasteiger partial charge on any atom is 0.325 e. The average Bonchev–Trinajstić information content (AvgIpc) is 2.46. The van der Waals surface area contributed by atoms with E-state index in [1.165, 1.54) is 38.5 Å². The molecule has 0 heterocycles. The first kappa shape index (κ1) is 13.5. The summed E-state index contributed by atoms with van der Waals surface area (Å²) in [5, 5.41) is 3.45. The van der Waals surface area contributed by atoms with Gasteiger partial charge in [0.15, 0.2) is 0 Å². The minimum Gasteiger partial charge on any atom is -0.465 e. The molecule has 0 aromatic rings. The van der Waals surface area contributed by atoms with E-state index in [4.69, 9.17) is 4.74 Å². The highest BCUT2D eigenvalue weighted by molar-refractivity contribution is 5.79. The topological polar surface area (TPSA) is 38.3 Å². The van der Waals surface area contributed by atoms with E-state index in [0.717, 1.165) is 0 Å². The summed E-state index contributed by atoms with van der Waals surface area (Å²) in [5.74, 6) is -0.140. The maximum absolute atomic E-state index is 11.7. The van der Waals surface area contributed by atoms with Crippen LogP contribution in [0.4, 0.5) is 0 Å². The van der Waals surface area contributed by atoms with Gasteiger partial charge in [0, 0.05) is 6.04 Å². The molecule has 3 nitrogen and oxygen atoms in total. The molecule has 0 aromatic carbocycles. The number of hydrogen-bond donors (Lipinski definition) is 1. The molecule has 0 aliphatic heterocycles. The lowest BCUT2D eigenvalue weighted by molar-refractivity contribution is -0.150. The SMILES string of the molecule is CCOC(=O)C(C)(C)NC1CCCCCC1. The molecule has 0 atom stereocenters. The molecule has 1 N–H and O–H groups in total. The first-order valence-corrected chi connectivity index (χ1v) is 6.51. The van der Waals surface area contributed by atoms with Crippen LogP contribution in [-0.4, -0.2) is 24.2 Å². The molecular formula is C13H25NO2. The number of rotatable bonds is 4. The number of carbonyl (C=O) groups excluding carboxylic acids is 1. The Kier molecular flexibility index (Phi) is 5.26. The van der Waals surface area contributed by atoms with E-state index in [1.54, 1.807) is 0 Å². The van der Waals surface area contributed by atoms with Crippen molar-refractivity contribution < 1.29 is 9.53 Å². The Balaban J connectivity index is 2.46. The van der Waals surface area contributed by atoms with Crippen molar-refractivity contribution in [3.05, 3.63) is 0 Å². The van der Waals surface area contributed by atoms with Crippen LogP contribution in [0.2, 0.25) is 0 Å². The van der Waals surface area contributed by atoms with Gasteiger partial charge >= 0.3 is 5.97 Å². The largest absolute Gasteiger partial charge is 0.465 e. The third kappa shape index (κ3) is 4.12. The molecule has 1 saturated carbocycles. The smallest absolute Gasteiger partial charge is 0.325 e. The Hall–Kier alpha value is -0.570. The molecule has 94 valence electrons. The van der Waals surface area contributed by atoms with Gasteiger partial charge < -0.3 is 4.74 Å². The number of nitrogens with one attached hydrogen (secondary N) is 1. The predicted octanol–water partition coefficient (Wildman–Crippen LogP) is 2.64. The average molecular weight is 227 g/mol. The normalized spacial score (nSPS) is 19.2. The molecule has 0 spiro atoms. The standard InChI is InChI=1S/C13H25NO2/c1-4-16-12(15)13(2,3)14-11-9-7-5-6-8-10-11/h11,14H,4-10H2,1-3H3. The molecule has 1 aliphatic rings. The van der Waals surface area contributed by atoms with Crippen molar-refractivity contribution in [1.82, 2.24) is 5.32 Å². The summed E-state index contributed by atoms with van der Waals surface area (Å²) in [6.45, 7) is 6.13. The molecule has 0 saturated heterocycles. The van der Waals surface area contributed by atoms with Crippen LogP contribution in [0.1, 0.15) is 59.3 Å². The Bertz CT molecular complexity index is 218. The quantitative estimate of drug-likeness (QED) is 0.592. The summed E-state index contributed by atoms with van der Waals surface area (Å²) < 4.78 is 5.08. The molecule has 0 unspecified atom stereocenters. The highest BCUT2D eigenvalue weighted by atomic mass is 16.5. The van der Waals surface area contributed by atoms with Crippen molar-refractivity contribution in [2.75, 3.05) is 6.61 Å². The summed E-state index contributed by atoms with van der Waals surface area (Å²) in [4.78, 5) is 11.7. The van der Waals surface area contributed by atoms with Gasteiger partial charge in [0.25, 0.3) is 0 Å². The number of ether oxygens (including phenoxy) is 1. The fourth-order valence-electron chi connectivity index (χ4n) is 2.30. The molecule has 1 rings (SSSR count). The van der Waals surface area contributed by atoms with Gasteiger partial charge in [-0.2, -0.15) is 0 Å². The van der Waals surface area contributed by atoms with E-state index in [1.807, 2.05) is 20.8 Å². The van der Waals surface area contributed by atoms with Crippen LogP contribution in [0.25, 0.3) is 0 Å². The second-order valence-electron chi connectivity index (χ2n) is 5.18. The van der Waals surface area contributed by atoms with Crippen molar-refractivity contribution >= 4 is 5.97 Å². The fraction of sp³-hybridized carbons (Fsp3) is 0.923. The van der Waals surface area contributed by atoms with Crippen LogP contribution in [0, 0.1) is 0 Å². The van der Waals surface area contributed by atoms with Gasteiger partial charge in [-0.25, -0.2) is 0 Å². The van der Waals surface area contributed by atoms with Gasteiger partial charge in [-0.3, -0.25) is 10.1 Å². The van der Waals surface area contributed by atoms with E-state index in [9.17, 15) is 4.79 Å². The Morgan fingerprint density at radius 1 is 1.25 bits per heavy atom. The van der Waals surface area contributed by atoms with Crippen LogP contribution >= 0.6 is 0 Å². The minimum absolute atomic E-state index is 0.140. The first-order chi connectivity index (χ1) is 7.56. The minimum atomic E-state index is -0.551. The van der Waals surface area contributed by atoms with Crippen molar-refractivity contribution in [1.29, 1.82) is 0 Å². The zero-order chi connectivity index (χ0) is 12.0. The van der Waals surface area contributed by atoms with Crippen molar-refractivity contribution in [3.8, 4) is 0 Å². The molecule has 3 heteroatoms. The molecule has 16 heavy (non-hydrogen) atoms. The van der Waals surface area contributed by atoms with Gasteiger partial charge in [0.05, 0.1) is 6.61 Å². The van der Waals surface area contributed by atoms with E-state index in [2.05, 4.69) is 5.32 Å². The highest BCUT2D eigenvalue weighted by Gasteiger charge is 2.31.